The molecular formula is C22H23N3O4S. The molecular weight excluding hydrogens is 402 g/mol. The molecule has 4 rings (SSSR count). The summed E-state index contributed by atoms with van der Waals surface area (Å²) in [6, 6.07) is 17.3. The minimum atomic E-state index is -2.21. The number of fused-ring (bicyclic) bond motifs is 1. The van der Waals surface area contributed by atoms with Gasteiger partial charge in [-0.15, -0.1) is 0 Å². The van der Waals surface area contributed by atoms with Crippen LogP contribution >= 0.6 is 0 Å². The van der Waals surface area contributed by atoms with Gasteiger partial charge < -0.3 is 5.11 Å². The molecule has 0 amide bonds. The molecule has 2 unspecified atom stereocenters. The highest BCUT2D eigenvalue weighted by Crippen LogP contribution is 2.38. The second-order valence-corrected chi connectivity index (χ2v) is 8.15. The lowest BCUT2D eigenvalue weighted by atomic mass is 9.92. The number of hydrogen-bond donors (Lipinski definition) is 2. The van der Waals surface area contributed by atoms with Crippen LogP contribution in [0.4, 0.5) is 5.69 Å². The van der Waals surface area contributed by atoms with Gasteiger partial charge in [0.25, 0.3) is 11.3 Å². The van der Waals surface area contributed by atoms with Gasteiger partial charge in [-0.25, -0.2) is 4.21 Å². The molecule has 1 aromatic heterocycles. The Kier molecular flexibility index (Phi) is 5.96. The number of rotatable bonds is 7. The lowest BCUT2D eigenvalue weighted by Crippen LogP contribution is -2.32. The molecule has 0 fully saturated rings. The number of carboxylic acid groups (broad SMARTS) is 1. The molecule has 156 valence electrons. The van der Waals surface area contributed by atoms with Gasteiger partial charge in [0.15, 0.2) is 0 Å². The lowest BCUT2D eigenvalue weighted by molar-refractivity contribution is -0.137. The monoisotopic (exact) mass is 425 g/mol. The molecule has 1 heterocycles. The van der Waals surface area contributed by atoms with Crippen LogP contribution in [0.25, 0.3) is 11.1 Å². The molecule has 3 aromatic rings. The molecule has 0 bridgehead atoms. The number of benzene rings is 2. The molecule has 1 aliphatic carbocycles. The van der Waals surface area contributed by atoms with E-state index >= 15 is 0 Å². The summed E-state index contributed by atoms with van der Waals surface area (Å²) in [6.45, 7) is 0.297. The molecule has 0 radical (unpaired) electrons. The van der Waals surface area contributed by atoms with Gasteiger partial charge in [0, 0.05) is 11.3 Å². The Morgan fingerprint density at radius 1 is 1.13 bits per heavy atom. The molecule has 2 N–H and O–H groups in total. The Morgan fingerprint density at radius 3 is 2.50 bits per heavy atom. The van der Waals surface area contributed by atoms with E-state index in [2.05, 4.69) is 5.10 Å². The van der Waals surface area contributed by atoms with E-state index < -0.39 is 17.2 Å². The van der Waals surface area contributed by atoms with Crippen molar-refractivity contribution >= 4 is 22.9 Å². The highest BCUT2D eigenvalue weighted by molar-refractivity contribution is 7.80. The zero-order valence-corrected chi connectivity index (χ0v) is 17.2. The Bertz CT molecular complexity index is 1050. The Labute approximate surface area is 177 Å². The van der Waals surface area contributed by atoms with E-state index in [0.29, 0.717) is 12.2 Å². The van der Waals surface area contributed by atoms with Crippen LogP contribution in [0, 0.1) is 0 Å². The predicted molar refractivity (Wildman–Crippen MR) is 115 cm³/mol. The van der Waals surface area contributed by atoms with Gasteiger partial charge in [-0.05, 0) is 42.5 Å². The summed E-state index contributed by atoms with van der Waals surface area (Å²) in [5.41, 5.74) is 4.62. The van der Waals surface area contributed by atoms with Crippen molar-refractivity contribution in [1.29, 1.82) is 0 Å². The van der Waals surface area contributed by atoms with Crippen molar-refractivity contribution in [3.8, 4) is 11.1 Å². The van der Waals surface area contributed by atoms with Crippen LogP contribution in [0.1, 0.15) is 36.6 Å². The van der Waals surface area contributed by atoms with Crippen LogP contribution in [0.15, 0.2) is 60.8 Å². The zero-order valence-electron chi connectivity index (χ0n) is 16.3. The first-order chi connectivity index (χ1) is 14.5. The van der Waals surface area contributed by atoms with E-state index in [9.17, 15) is 13.6 Å². The number of hydrogen-bond acceptors (Lipinski definition) is 3. The summed E-state index contributed by atoms with van der Waals surface area (Å²) in [7, 11) is 0. The van der Waals surface area contributed by atoms with E-state index in [1.165, 1.54) is 4.31 Å². The molecule has 0 saturated heterocycles. The zero-order chi connectivity index (χ0) is 21.1. The predicted octanol–water partition coefficient (Wildman–Crippen LogP) is 4.05. The van der Waals surface area contributed by atoms with Crippen molar-refractivity contribution < 1.29 is 18.7 Å². The molecule has 30 heavy (non-hydrogen) atoms. The van der Waals surface area contributed by atoms with Crippen molar-refractivity contribution in [2.75, 3.05) is 4.31 Å². The third-order valence-corrected chi connectivity index (χ3v) is 6.25. The van der Waals surface area contributed by atoms with Gasteiger partial charge in [0.05, 0.1) is 30.9 Å². The number of aliphatic carboxylic acids is 1. The fourth-order valence-corrected chi connectivity index (χ4v) is 4.78. The average Bonchev–Trinajstić information content (AvgIpc) is 3.17. The van der Waals surface area contributed by atoms with Gasteiger partial charge in [-0.3, -0.25) is 18.3 Å². The molecule has 0 spiro atoms. The van der Waals surface area contributed by atoms with Crippen LogP contribution in [-0.4, -0.2) is 29.6 Å². The van der Waals surface area contributed by atoms with Crippen molar-refractivity contribution in [1.82, 2.24) is 9.78 Å². The third kappa shape index (κ3) is 4.15. The maximum absolute atomic E-state index is 12.3. The Balaban J connectivity index is 1.63. The maximum Gasteiger partial charge on any atom is 0.305 e. The van der Waals surface area contributed by atoms with E-state index in [4.69, 9.17) is 5.11 Å². The fraction of sp³-hybridized carbons (Fsp3) is 0.273. The summed E-state index contributed by atoms with van der Waals surface area (Å²) in [5, 5.41) is 13.3. The van der Waals surface area contributed by atoms with E-state index in [0.717, 1.165) is 41.6 Å². The summed E-state index contributed by atoms with van der Waals surface area (Å²) in [6.07, 6.45) is 4.05. The topological polar surface area (TPSA) is 95.7 Å². The third-order valence-electron chi connectivity index (χ3n) is 5.45. The van der Waals surface area contributed by atoms with Crippen molar-refractivity contribution in [2.24, 2.45) is 0 Å². The quantitative estimate of drug-likeness (QED) is 0.557. The molecule has 7 nitrogen and oxygen atoms in total. The van der Waals surface area contributed by atoms with Crippen LogP contribution in [0.3, 0.4) is 0 Å². The maximum atomic E-state index is 12.3. The van der Waals surface area contributed by atoms with Gasteiger partial charge in [0.1, 0.15) is 0 Å². The number of nitrogens with zero attached hydrogens (tertiary/aromatic N) is 3. The van der Waals surface area contributed by atoms with Gasteiger partial charge >= 0.3 is 5.97 Å². The largest absolute Gasteiger partial charge is 0.481 e. The number of aromatic nitrogens is 2. The van der Waals surface area contributed by atoms with Crippen LogP contribution in [-0.2, 0) is 29.0 Å². The number of aryl methyl sites for hydroxylation is 1. The van der Waals surface area contributed by atoms with Crippen LogP contribution < -0.4 is 4.31 Å². The van der Waals surface area contributed by atoms with Gasteiger partial charge in [-0.1, -0.05) is 42.5 Å². The van der Waals surface area contributed by atoms with Crippen LogP contribution in [0.5, 0.6) is 0 Å². The Hall–Kier alpha value is -2.97. The van der Waals surface area contributed by atoms with Crippen molar-refractivity contribution in [3.63, 3.8) is 0 Å². The first-order valence-electron chi connectivity index (χ1n) is 9.86. The molecule has 0 saturated carbocycles. The summed E-state index contributed by atoms with van der Waals surface area (Å²) in [5.74, 6) is -0.872. The fourth-order valence-electron chi connectivity index (χ4n) is 4.04. The van der Waals surface area contributed by atoms with E-state index in [-0.39, 0.29) is 12.5 Å². The summed E-state index contributed by atoms with van der Waals surface area (Å²) >= 11 is -2.21. The smallest absolute Gasteiger partial charge is 0.305 e. The number of anilines is 1. The number of carboxylic acids is 1. The van der Waals surface area contributed by atoms with E-state index in [1.54, 1.807) is 10.9 Å². The minimum absolute atomic E-state index is 0.00458. The second kappa shape index (κ2) is 8.81. The molecule has 2 aromatic carbocycles. The highest BCUT2D eigenvalue weighted by Gasteiger charge is 2.32. The average molecular weight is 426 g/mol. The van der Waals surface area contributed by atoms with Crippen molar-refractivity contribution in [3.05, 3.63) is 72.1 Å². The van der Waals surface area contributed by atoms with Gasteiger partial charge in [0.2, 0.25) is 0 Å². The normalized spacial score (nSPS) is 16.6. The minimum Gasteiger partial charge on any atom is -0.481 e. The van der Waals surface area contributed by atoms with E-state index in [1.807, 2.05) is 54.6 Å². The summed E-state index contributed by atoms with van der Waals surface area (Å²) < 4.78 is 25.6. The summed E-state index contributed by atoms with van der Waals surface area (Å²) in [4.78, 5) is 10.9. The lowest BCUT2D eigenvalue weighted by Gasteiger charge is -2.33. The number of carbonyl (C=O) groups is 1. The molecule has 1 aliphatic rings. The first kappa shape index (κ1) is 20.3. The van der Waals surface area contributed by atoms with Crippen molar-refractivity contribution in [2.45, 2.75) is 38.3 Å². The first-order valence-corrected chi connectivity index (χ1v) is 10.9. The Morgan fingerprint density at radius 2 is 1.83 bits per heavy atom. The van der Waals surface area contributed by atoms with Crippen LogP contribution in [0.2, 0.25) is 0 Å². The molecule has 2 atom stereocenters. The SMILES string of the molecule is O=C(O)CCn1ncc2c1CCCC2N(c1ccc(-c2ccccc2)cc1)S(=O)O. The second-order valence-electron chi connectivity index (χ2n) is 7.29. The standard InChI is InChI=1S/C22H23N3O4S/c26-22(27)13-14-24-20-7-4-8-21(19(20)15-23-24)25(30(28)29)18-11-9-17(10-12-18)16-5-2-1-3-6-16/h1-3,5-6,9-12,15,21H,4,7-8,13-14H2,(H,26,27)(H,28,29). The highest BCUT2D eigenvalue weighted by atomic mass is 32.2. The molecule has 8 heteroatoms. The van der Waals surface area contributed by atoms with Gasteiger partial charge in [-0.2, -0.15) is 5.10 Å². The molecule has 0 aliphatic heterocycles.